The normalized spacial score (nSPS) is 14.6. The number of nitrogens with two attached hydrogens (primary N) is 1. The molecule has 7 rings (SSSR count). The standard InChI is InChI=1S/C35H25N9O8S2.2Na/c36-31-30-20(17-29(54(50,51)52)33(34(30)46)44-40-21-4-2-1-3-5-21)16-28(53(47,48)49)32(31)43-41-22-8-6-19(7-9-22)35-37-26-15-12-24(18-27(26)38-35)42-39-23-10-13-25(45)14-11-23;;/h1-18,40,42H,36H2,(H,37,38)(H,47,48,49)(H,50,51,52);;/q;2*+1/p-2/b43-41?,44-33-;;. The monoisotopic (exact) mass is 807 g/mol. The van der Waals surface area contributed by atoms with Gasteiger partial charge in [0.2, 0.25) is 5.78 Å². The van der Waals surface area contributed by atoms with E-state index in [-0.39, 0.29) is 70.6 Å². The molecule has 0 radical (unpaired) electrons. The molecule has 0 fully saturated rings. The summed E-state index contributed by atoms with van der Waals surface area (Å²) < 4.78 is 73.5. The van der Waals surface area contributed by atoms with Crippen LogP contribution in [0.3, 0.4) is 0 Å². The molecule has 0 aliphatic heterocycles. The summed E-state index contributed by atoms with van der Waals surface area (Å²) in [4.78, 5) is 30.7. The van der Waals surface area contributed by atoms with Crippen molar-refractivity contribution in [3.8, 4) is 11.4 Å². The van der Waals surface area contributed by atoms with Gasteiger partial charge in [-0.05, 0) is 96.6 Å². The van der Waals surface area contributed by atoms with Crippen molar-refractivity contribution in [1.82, 2.24) is 9.97 Å². The second kappa shape index (κ2) is 17.1. The van der Waals surface area contributed by atoms with E-state index in [0.29, 0.717) is 45.6 Å². The minimum absolute atomic E-state index is 0. The number of nitrogen functional groups attached to an aromatic ring is 1. The second-order valence-electron chi connectivity index (χ2n) is 11.6. The Morgan fingerprint density at radius 3 is 2.09 bits per heavy atom. The number of anilines is 3. The number of azo groups is 1. The van der Waals surface area contributed by atoms with Gasteiger partial charge in [0.05, 0.1) is 54.9 Å². The first-order valence-corrected chi connectivity index (χ1v) is 18.4. The van der Waals surface area contributed by atoms with Crippen LogP contribution >= 0.6 is 0 Å². The number of fused-ring (bicyclic) bond motifs is 2. The summed E-state index contributed by atoms with van der Waals surface area (Å²) in [6, 6.07) is 20.6. The Hall–Kier alpha value is -4.93. The van der Waals surface area contributed by atoms with Gasteiger partial charge in [-0.25, -0.2) is 21.8 Å². The van der Waals surface area contributed by atoms with Gasteiger partial charge in [0.25, 0.3) is 0 Å². The first kappa shape index (κ1) is 42.2. The minimum Gasteiger partial charge on any atom is -0.744 e. The number of benzene rings is 4. The van der Waals surface area contributed by atoms with Crippen molar-refractivity contribution in [2.45, 2.75) is 4.90 Å². The number of Topliss-reactive ketones (excluding diaryl/α,β-unsaturated/α-hetero) is 1. The van der Waals surface area contributed by atoms with Gasteiger partial charge in [0, 0.05) is 5.56 Å². The fourth-order valence-electron chi connectivity index (χ4n) is 5.38. The smallest absolute Gasteiger partial charge is 0.744 e. The van der Waals surface area contributed by atoms with Gasteiger partial charge in [0.1, 0.15) is 37.5 Å². The fourth-order valence-corrected chi connectivity index (χ4v) is 6.68. The number of aromatic nitrogens is 2. The van der Waals surface area contributed by atoms with Crippen LogP contribution < -0.4 is 75.7 Å². The number of hydrogen-bond donors (Lipinski definition) is 4. The minimum atomic E-state index is -5.33. The van der Waals surface area contributed by atoms with E-state index in [2.05, 4.69) is 41.3 Å². The molecule has 21 heteroatoms. The molecule has 0 atom stereocenters. The van der Waals surface area contributed by atoms with Gasteiger partial charge in [-0.2, -0.15) is 15.3 Å². The van der Waals surface area contributed by atoms with E-state index < -0.39 is 64.0 Å². The summed E-state index contributed by atoms with van der Waals surface area (Å²) in [6.07, 6.45) is 6.73. The number of hydrogen-bond acceptors (Lipinski definition) is 16. The molecule has 2 aliphatic rings. The first-order valence-electron chi connectivity index (χ1n) is 15.5. The van der Waals surface area contributed by atoms with Crippen LogP contribution in [0.25, 0.3) is 28.5 Å². The number of ketones is 2. The molecule has 5 aromatic rings. The molecule has 0 saturated carbocycles. The molecule has 0 unspecified atom stereocenters. The van der Waals surface area contributed by atoms with E-state index in [9.17, 15) is 35.5 Å². The number of aromatic amines is 1. The molecule has 1 aromatic heterocycles. The second-order valence-corrected chi connectivity index (χ2v) is 14.3. The van der Waals surface area contributed by atoms with E-state index in [4.69, 9.17) is 5.73 Å². The van der Waals surface area contributed by atoms with E-state index >= 15 is 0 Å². The van der Waals surface area contributed by atoms with Crippen LogP contribution in [0.5, 0.6) is 0 Å². The maximum atomic E-state index is 13.6. The van der Waals surface area contributed by atoms with Crippen molar-refractivity contribution in [3.63, 3.8) is 0 Å². The number of imidazole rings is 1. The number of H-pyrrole nitrogens is 1. The third kappa shape index (κ3) is 9.19. The van der Waals surface area contributed by atoms with E-state index in [0.717, 1.165) is 6.08 Å². The molecule has 0 amide bonds. The number of nitrogens with zero attached hydrogens (tertiary/aromatic N) is 5. The topological polar surface area (TPSA) is 277 Å². The van der Waals surface area contributed by atoms with Crippen LogP contribution in [-0.2, 0) is 25.0 Å². The zero-order valence-electron chi connectivity index (χ0n) is 29.3. The zero-order chi connectivity index (χ0) is 38.2. The number of allylic oxidation sites excluding steroid dienone is 5. The van der Waals surface area contributed by atoms with Crippen molar-refractivity contribution in [2.24, 2.45) is 20.4 Å². The quantitative estimate of drug-likeness (QED) is 0.0354. The van der Waals surface area contributed by atoms with Gasteiger partial charge < -0.3 is 19.8 Å². The average Bonchev–Trinajstić information content (AvgIpc) is 3.57. The van der Waals surface area contributed by atoms with Gasteiger partial charge in [-0.3, -0.25) is 20.4 Å². The predicted octanol–water partition coefficient (Wildman–Crippen LogP) is -0.847. The maximum absolute atomic E-state index is 13.6. The number of para-hydroxylation sites is 1. The zero-order valence-corrected chi connectivity index (χ0v) is 34.9. The summed E-state index contributed by atoms with van der Waals surface area (Å²) in [5.74, 6) is -0.749. The van der Waals surface area contributed by atoms with Gasteiger partial charge in [0.15, 0.2) is 5.78 Å². The molecule has 270 valence electrons. The molecule has 0 bridgehead atoms. The van der Waals surface area contributed by atoms with E-state index in [1.54, 1.807) is 72.8 Å². The molecule has 2 aliphatic carbocycles. The SMILES string of the molecule is Nc1c(N=Nc2ccc(-c3nc4ccc(NN=C5C=CC(=O)C=C5)cc4[nH]3)cc2)c(S(=O)(=O)[O-])cc2c1C(=O)/C(=N\Nc1ccccc1)C(S(=O)(=O)[O-])=C2.[Na+].[Na+]. The molecular formula is C35H23N9Na2O8S2. The van der Waals surface area contributed by atoms with Crippen LogP contribution in [0.1, 0.15) is 15.9 Å². The van der Waals surface area contributed by atoms with Crippen LogP contribution in [0.15, 0.2) is 133 Å². The molecule has 0 spiro atoms. The number of rotatable bonds is 9. The maximum Gasteiger partial charge on any atom is 1.00 e. The number of hydrazone groups is 2. The van der Waals surface area contributed by atoms with Crippen molar-refractivity contribution in [1.29, 1.82) is 0 Å². The summed E-state index contributed by atoms with van der Waals surface area (Å²) in [7, 11) is -10.7. The first-order chi connectivity index (χ1) is 25.7. The van der Waals surface area contributed by atoms with E-state index in [1.165, 1.54) is 24.3 Å². The molecule has 1 heterocycles. The third-order valence-corrected chi connectivity index (χ3v) is 9.64. The summed E-state index contributed by atoms with van der Waals surface area (Å²) >= 11 is 0. The van der Waals surface area contributed by atoms with Crippen molar-refractivity contribution >= 4 is 88.8 Å². The largest absolute Gasteiger partial charge is 1.00 e. The third-order valence-electron chi connectivity index (χ3n) is 7.94. The molecular weight excluding hydrogens is 785 g/mol. The van der Waals surface area contributed by atoms with E-state index in [1.807, 2.05) is 0 Å². The molecule has 4 aromatic carbocycles. The fraction of sp³-hybridized carbons (Fsp3) is 0. The Morgan fingerprint density at radius 2 is 1.43 bits per heavy atom. The van der Waals surface area contributed by atoms with Crippen molar-refractivity contribution in [2.75, 3.05) is 16.6 Å². The number of nitrogens with one attached hydrogen (secondary N) is 3. The van der Waals surface area contributed by atoms with Crippen LogP contribution in [0, 0.1) is 0 Å². The average molecular weight is 808 g/mol. The Labute approximate surface area is 362 Å². The molecule has 0 saturated heterocycles. The Balaban J connectivity index is 0.00000300. The Bertz CT molecular complexity index is 2800. The Kier molecular flexibility index (Phi) is 12.9. The van der Waals surface area contributed by atoms with Crippen LogP contribution in [-0.4, -0.2) is 58.9 Å². The number of carbonyl (C=O) groups excluding carboxylic acids is 2. The Morgan fingerprint density at radius 1 is 0.750 bits per heavy atom. The molecule has 17 nitrogen and oxygen atoms in total. The predicted molar refractivity (Wildman–Crippen MR) is 198 cm³/mol. The van der Waals surface area contributed by atoms with Crippen LogP contribution in [0.4, 0.5) is 28.4 Å². The van der Waals surface area contributed by atoms with Crippen molar-refractivity contribution < 1.29 is 94.6 Å². The summed E-state index contributed by atoms with van der Waals surface area (Å²) in [5.41, 5.74) is 12.5. The molecule has 5 N–H and O–H groups in total. The van der Waals surface area contributed by atoms with Crippen LogP contribution in [0.2, 0.25) is 0 Å². The summed E-state index contributed by atoms with van der Waals surface area (Å²) in [6.45, 7) is 0. The summed E-state index contributed by atoms with van der Waals surface area (Å²) in [5, 5.41) is 16.1. The van der Waals surface area contributed by atoms with Gasteiger partial charge in [-0.1, -0.05) is 18.2 Å². The molecule has 56 heavy (non-hydrogen) atoms. The van der Waals surface area contributed by atoms with Gasteiger partial charge in [-0.15, -0.1) is 5.11 Å². The van der Waals surface area contributed by atoms with Crippen molar-refractivity contribution in [3.05, 3.63) is 119 Å². The number of carbonyl (C=O) groups is 2. The van der Waals surface area contributed by atoms with Gasteiger partial charge >= 0.3 is 59.1 Å².